The molecule has 5 rings (SSSR count). The van der Waals surface area contributed by atoms with E-state index in [4.69, 9.17) is 27.9 Å². The number of hydrogen-bond donors (Lipinski definition) is 1. The maximum atomic E-state index is 14.6. The first-order valence-electron chi connectivity index (χ1n) is 15.5. The van der Waals surface area contributed by atoms with Crippen LogP contribution in [-0.4, -0.2) is 50.9 Å². The molecule has 1 saturated carbocycles. The molecular weight excluding hydrogens is 657 g/mol. The second kappa shape index (κ2) is 15.7. The largest absolute Gasteiger partial charge is 0.497 e. The van der Waals surface area contributed by atoms with Gasteiger partial charge in [-0.05, 0) is 72.5 Å². The van der Waals surface area contributed by atoms with E-state index in [0.717, 1.165) is 35.6 Å². The Hall–Kier alpha value is -4.05. The highest BCUT2D eigenvalue weighted by Gasteiger charge is 2.35. The fourth-order valence-corrected chi connectivity index (χ4v) is 7.49. The lowest BCUT2D eigenvalue weighted by molar-refractivity contribution is -0.140. The highest BCUT2D eigenvalue weighted by molar-refractivity contribution is 7.92. The molecule has 0 saturated heterocycles. The number of para-hydroxylation sites is 1. The Balaban J connectivity index is 1.56. The van der Waals surface area contributed by atoms with Crippen molar-refractivity contribution < 1.29 is 22.7 Å². The lowest BCUT2D eigenvalue weighted by Crippen LogP contribution is -2.54. The van der Waals surface area contributed by atoms with Crippen LogP contribution in [0, 0.1) is 0 Å². The van der Waals surface area contributed by atoms with Gasteiger partial charge in [0.05, 0.1) is 27.7 Å². The van der Waals surface area contributed by atoms with Gasteiger partial charge in [-0.15, -0.1) is 0 Å². The lowest BCUT2D eigenvalue weighted by atomic mass is 10.0. The van der Waals surface area contributed by atoms with Crippen LogP contribution in [0.2, 0.25) is 10.0 Å². The summed E-state index contributed by atoms with van der Waals surface area (Å²) in [5, 5.41) is 3.83. The minimum atomic E-state index is -4.23. The molecule has 47 heavy (non-hydrogen) atoms. The van der Waals surface area contributed by atoms with Crippen LogP contribution >= 0.6 is 23.2 Å². The van der Waals surface area contributed by atoms with E-state index in [1.807, 2.05) is 30.3 Å². The maximum Gasteiger partial charge on any atom is 0.264 e. The van der Waals surface area contributed by atoms with Crippen LogP contribution < -0.4 is 14.4 Å². The first-order chi connectivity index (χ1) is 22.7. The predicted molar refractivity (Wildman–Crippen MR) is 185 cm³/mol. The number of methoxy groups -OCH3 is 1. The van der Waals surface area contributed by atoms with Gasteiger partial charge in [-0.3, -0.25) is 13.9 Å². The molecule has 246 valence electrons. The summed E-state index contributed by atoms with van der Waals surface area (Å²) in [7, 11) is -2.73. The van der Waals surface area contributed by atoms with Gasteiger partial charge in [0, 0.05) is 19.0 Å². The van der Waals surface area contributed by atoms with Crippen molar-refractivity contribution in [2.24, 2.45) is 0 Å². The summed E-state index contributed by atoms with van der Waals surface area (Å²) < 4.78 is 34.6. The van der Waals surface area contributed by atoms with Crippen molar-refractivity contribution >= 4 is 50.7 Å². The number of nitrogens with one attached hydrogen (secondary N) is 1. The third-order valence-corrected chi connectivity index (χ3v) is 10.8. The van der Waals surface area contributed by atoms with E-state index in [1.165, 1.54) is 24.1 Å². The molecule has 0 aromatic heterocycles. The van der Waals surface area contributed by atoms with Crippen LogP contribution in [0.3, 0.4) is 0 Å². The number of benzene rings is 4. The second-order valence-corrected chi connectivity index (χ2v) is 14.2. The fraction of sp³-hybridized carbons (Fsp3) is 0.278. The van der Waals surface area contributed by atoms with Crippen molar-refractivity contribution in [3.05, 3.63) is 124 Å². The molecule has 8 nitrogen and oxygen atoms in total. The van der Waals surface area contributed by atoms with E-state index < -0.39 is 28.5 Å². The SMILES string of the molecule is COc1ccc(S(=O)(=O)N(CC(=O)N(Cc2ccc(Cl)c(Cl)c2)[C@@H](Cc2ccccc2)C(=O)NC2CCCC2)c2ccccc2)cc1. The summed E-state index contributed by atoms with van der Waals surface area (Å²) in [6.07, 6.45) is 4.01. The molecule has 0 aliphatic heterocycles. The van der Waals surface area contributed by atoms with Gasteiger partial charge < -0.3 is 15.0 Å². The quantitative estimate of drug-likeness (QED) is 0.164. The predicted octanol–water partition coefficient (Wildman–Crippen LogP) is 6.90. The number of anilines is 1. The van der Waals surface area contributed by atoms with Crippen molar-refractivity contribution in [3.63, 3.8) is 0 Å². The molecular formula is C36H37Cl2N3O5S. The summed E-state index contributed by atoms with van der Waals surface area (Å²) >= 11 is 12.6. The van der Waals surface area contributed by atoms with Gasteiger partial charge in [0.1, 0.15) is 18.3 Å². The number of sulfonamides is 1. The standard InChI is InChI=1S/C36H37Cl2N3O5S/c1-46-30-17-19-31(20-18-30)47(44,45)41(29-14-6-3-7-15-29)25-35(42)40(24-27-16-21-32(37)33(38)22-27)34(23-26-10-4-2-5-11-26)36(43)39-28-12-8-9-13-28/h2-7,10-11,14-22,28,34H,8-9,12-13,23-25H2,1H3,(H,39,43)/t34-/m0/s1. The summed E-state index contributed by atoms with van der Waals surface area (Å²) in [6, 6.07) is 28.0. The molecule has 4 aromatic rings. The van der Waals surface area contributed by atoms with Gasteiger partial charge >= 0.3 is 0 Å². The molecule has 0 heterocycles. The van der Waals surface area contributed by atoms with Crippen LogP contribution in [-0.2, 0) is 32.6 Å². The average molecular weight is 695 g/mol. The summed E-state index contributed by atoms with van der Waals surface area (Å²) in [6.45, 7) is -0.557. The van der Waals surface area contributed by atoms with Crippen LogP contribution in [0.25, 0.3) is 0 Å². The van der Waals surface area contributed by atoms with Crippen molar-refractivity contribution in [2.75, 3.05) is 18.0 Å². The first-order valence-corrected chi connectivity index (χ1v) is 17.6. The smallest absolute Gasteiger partial charge is 0.264 e. The lowest BCUT2D eigenvalue weighted by Gasteiger charge is -2.34. The normalized spacial score (nSPS) is 13.9. The van der Waals surface area contributed by atoms with E-state index in [2.05, 4.69) is 5.32 Å². The van der Waals surface area contributed by atoms with E-state index >= 15 is 0 Å². The molecule has 0 radical (unpaired) electrons. The van der Waals surface area contributed by atoms with Gasteiger partial charge in [-0.1, -0.05) is 90.6 Å². The van der Waals surface area contributed by atoms with Crippen LogP contribution in [0.4, 0.5) is 5.69 Å². The van der Waals surface area contributed by atoms with Crippen LogP contribution in [0.5, 0.6) is 5.75 Å². The molecule has 4 aromatic carbocycles. The minimum absolute atomic E-state index is 0.00345. The Labute approximate surface area is 286 Å². The van der Waals surface area contributed by atoms with Crippen molar-refractivity contribution in [1.82, 2.24) is 10.2 Å². The Bertz CT molecular complexity index is 1770. The Morgan fingerprint density at radius 1 is 0.851 bits per heavy atom. The van der Waals surface area contributed by atoms with Gasteiger partial charge in [0.15, 0.2) is 0 Å². The van der Waals surface area contributed by atoms with E-state index in [1.54, 1.807) is 60.7 Å². The summed E-state index contributed by atoms with van der Waals surface area (Å²) in [4.78, 5) is 30.1. The topological polar surface area (TPSA) is 96.0 Å². The first kappa shape index (κ1) is 34.3. The van der Waals surface area contributed by atoms with E-state index in [0.29, 0.717) is 27.0 Å². The van der Waals surface area contributed by atoms with Gasteiger partial charge in [-0.25, -0.2) is 8.42 Å². The summed E-state index contributed by atoms with van der Waals surface area (Å²) in [5.74, 6) is -0.353. The Morgan fingerprint density at radius 2 is 1.49 bits per heavy atom. The van der Waals surface area contributed by atoms with E-state index in [-0.39, 0.29) is 29.8 Å². The minimum Gasteiger partial charge on any atom is -0.497 e. The Kier molecular flexibility index (Phi) is 11.4. The van der Waals surface area contributed by atoms with Gasteiger partial charge in [0.25, 0.3) is 10.0 Å². The number of rotatable bonds is 13. The molecule has 0 spiro atoms. The summed E-state index contributed by atoms with van der Waals surface area (Å²) in [5.41, 5.74) is 1.81. The number of carbonyl (C=O) groups is 2. The van der Waals surface area contributed by atoms with Crippen molar-refractivity contribution in [1.29, 1.82) is 0 Å². The number of hydrogen-bond acceptors (Lipinski definition) is 5. The highest BCUT2D eigenvalue weighted by atomic mass is 35.5. The van der Waals surface area contributed by atoms with Crippen LogP contribution in [0.1, 0.15) is 36.8 Å². The average Bonchev–Trinajstić information content (AvgIpc) is 3.60. The monoisotopic (exact) mass is 693 g/mol. The van der Waals surface area contributed by atoms with E-state index in [9.17, 15) is 18.0 Å². The molecule has 2 amide bonds. The fourth-order valence-electron chi connectivity index (χ4n) is 5.75. The zero-order chi connectivity index (χ0) is 33.4. The number of carbonyl (C=O) groups excluding carboxylic acids is 2. The number of ether oxygens (including phenoxy) is 1. The molecule has 0 bridgehead atoms. The number of amides is 2. The highest BCUT2D eigenvalue weighted by Crippen LogP contribution is 2.28. The zero-order valence-electron chi connectivity index (χ0n) is 26.0. The molecule has 1 N–H and O–H groups in total. The van der Waals surface area contributed by atoms with Crippen molar-refractivity contribution in [3.8, 4) is 5.75 Å². The number of nitrogens with zero attached hydrogens (tertiary/aromatic N) is 2. The van der Waals surface area contributed by atoms with Gasteiger partial charge in [-0.2, -0.15) is 0 Å². The van der Waals surface area contributed by atoms with Crippen LogP contribution in [0.15, 0.2) is 108 Å². The molecule has 1 aliphatic rings. The zero-order valence-corrected chi connectivity index (χ0v) is 28.3. The second-order valence-electron chi connectivity index (χ2n) is 11.5. The molecule has 11 heteroatoms. The molecule has 0 unspecified atom stereocenters. The van der Waals surface area contributed by atoms with Crippen molar-refractivity contribution in [2.45, 2.75) is 55.6 Å². The molecule has 1 fully saturated rings. The molecule has 1 aliphatic carbocycles. The molecule has 1 atom stereocenters. The number of halogens is 2. The van der Waals surface area contributed by atoms with Gasteiger partial charge in [0.2, 0.25) is 11.8 Å². The Morgan fingerprint density at radius 3 is 2.11 bits per heavy atom. The third kappa shape index (κ3) is 8.66. The third-order valence-electron chi connectivity index (χ3n) is 8.28. The maximum absolute atomic E-state index is 14.6.